The van der Waals surface area contributed by atoms with E-state index in [-0.39, 0.29) is 5.41 Å². The minimum atomic E-state index is -0.123. The molecular formula is C13H22O2. The highest BCUT2D eigenvalue weighted by Gasteiger charge is 2.37. The summed E-state index contributed by atoms with van der Waals surface area (Å²) >= 11 is 0. The van der Waals surface area contributed by atoms with E-state index in [2.05, 4.69) is 6.92 Å². The highest BCUT2D eigenvalue weighted by atomic mass is 16.5. The summed E-state index contributed by atoms with van der Waals surface area (Å²) in [6, 6.07) is 0. The summed E-state index contributed by atoms with van der Waals surface area (Å²) in [6.07, 6.45) is 8.54. The quantitative estimate of drug-likeness (QED) is 0.669. The van der Waals surface area contributed by atoms with Gasteiger partial charge in [0.1, 0.15) is 6.29 Å². The van der Waals surface area contributed by atoms with Gasteiger partial charge in [-0.15, -0.1) is 0 Å². The summed E-state index contributed by atoms with van der Waals surface area (Å²) < 4.78 is 5.39. The van der Waals surface area contributed by atoms with E-state index in [4.69, 9.17) is 4.74 Å². The minimum absolute atomic E-state index is 0.123. The lowest BCUT2D eigenvalue weighted by molar-refractivity contribution is -0.117. The molecule has 2 fully saturated rings. The molecule has 2 nitrogen and oxygen atoms in total. The zero-order chi connectivity index (χ0) is 10.7. The first-order valence-corrected chi connectivity index (χ1v) is 6.28. The monoisotopic (exact) mass is 210 g/mol. The van der Waals surface area contributed by atoms with E-state index in [0.717, 1.165) is 31.3 Å². The van der Waals surface area contributed by atoms with Crippen LogP contribution in [-0.2, 0) is 9.53 Å². The average Bonchev–Trinajstić information content (AvgIpc) is 2.67. The summed E-state index contributed by atoms with van der Waals surface area (Å²) in [4.78, 5) is 11.2. The Morgan fingerprint density at radius 3 is 2.93 bits per heavy atom. The van der Waals surface area contributed by atoms with Crippen LogP contribution in [0.1, 0.15) is 45.4 Å². The van der Waals surface area contributed by atoms with Gasteiger partial charge >= 0.3 is 0 Å². The summed E-state index contributed by atoms with van der Waals surface area (Å²) in [7, 11) is 0. The van der Waals surface area contributed by atoms with Crippen molar-refractivity contribution in [3.63, 3.8) is 0 Å². The van der Waals surface area contributed by atoms with E-state index in [9.17, 15) is 4.79 Å². The third kappa shape index (κ3) is 2.60. The van der Waals surface area contributed by atoms with Gasteiger partial charge in [0.05, 0.1) is 12.0 Å². The number of hydrogen-bond donors (Lipinski definition) is 0. The first kappa shape index (κ1) is 11.1. The van der Waals surface area contributed by atoms with E-state index >= 15 is 0 Å². The second-order valence-corrected chi connectivity index (χ2v) is 5.62. The van der Waals surface area contributed by atoms with Gasteiger partial charge in [-0.2, -0.15) is 0 Å². The minimum Gasteiger partial charge on any atom is -0.380 e. The van der Waals surface area contributed by atoms with Crippen LogP contribution >= 0.6 is 0 Å². The van der Waals surface area contributed by atoms with Gasteiger partial charge in [0.2, 0.25) is 0 Å². The Kier molecular flexibility index (Phi) is 3.45. The van der Waals surface area contributed by atoms with Gasteiger partial charge in [-0.1, -0.05) is 26.2 Å². The standard InChI is InChI=1S/C13H22O2/c1-11-3-2-4-12(7-11)8-13(9-14)5-6-15-10-13/h9,11-12H,2-8,10H2,1H3. The van der Waals surface area contributed by atoms with Gasteiger partial charge in [-0.05, 0) is 31.1 Å². The molecule has 2 aliphatic rings. The van der Waals surface area contributed by atoms with Crippen molar-refractivity contribution in [2.45, 2.75) is 45.4 Å². The summed E-state index contributed by atoms with van der Waals surface area (Å²) in [5.74, 6) is 1.62. The fourth-order valence-electron chi connectivity index (χ4n) is 3.25. The van der Waals surface area contributed by atoms with Gasteiger partial charge in [-0.3, -0.25) is 0 Å². The highest BCUT2D eigenvalue weighted by molar-refractivity contribution is 5.60. The van der Waals surface area contributed by atoms with Crippen LogP contribution in [0, 0.1) is 17.3 Å². The smallest absolute Gasteiger partial charge is 0.128 e. The number of aldehydes is 1. The Labute approximate surface area is 92.4 Å². The van der Waals surface area contributed by atoms with Gasteiger partial charge in [0.15, 0.2) is 0 Å². The Hall–Kier alpha value is -0.370. The summed E-state index contributed by atoms with van der Waals surface area (Å²) in [6.45, 7) is 3.79. The van der Waals surface area contributed by atoms with Crippen molar-refractivity contribution >= 4 is 6.29 Å². The third-order valence-electron chi connectivity index (χ3n) is 4.12. The molecule has 0 spiro atoms. The van der Waals surface area contributed by atoms with Gasteiger partial charge in [-0.25, -0.2) is 0 Å². The Morgan fingerprint density at radius 1 is 1.47 bits per heavy atom. The second kappa shape index (κ2) is 4.65. The Balaban J connectivity index is 1.91. The maximum absolute atomic E-state index is 11.2. The Bertz CT molecular complexity index is 219. The zero-order valence-electron chi connectivity index (χ0n) is 9.71. The van der Waals surface area contributed by atoms with Crippen molar-refractivity contribution in [1.82, 2.24) is 0 Å². The molecule has 1 heterocycles. The molecular weight excluding hydrogens is 188 g/mol. The normalized spacial score (nSPS) is 41.7. The molecule has 3 unspecified atom stereocenters. The predicted octanol–water partition coefficient (Wildman–Crippen LogP) is 2.81. The lowest BCUT2D eigenvalue weighted by Crippen LogP contribution is -2.28. The third-order valence-corrected chi connectivity index (χ3v) is 4.12. The molecule has 3 atom stereocenters. The van der Waals surface area contributed by atoms with Crippen LogP contribution in [-0.4, -0.2) is 19.5 Å². The van der Waals surface area contributed by atoms with Crippen LogP contribution in [0.3, 0.4) is 0 Å². The summed E-state index contributed by atoms with van der Waals surface area (Å²) in [5.41, 5.74) is -0.123. The van der Waals surface area contributed by atoms with Crippen molar-refractivity contribution in [2.24, 2.45) is 17.3 Å². The number of rotatable bonds is 3. The average molecular weight is 210 g/mol. The predicted molar refractivity (Wildman–Crippen MR) is 59.7 cm³/mol. The molecule has 15 heavy (non-hydrogen) atoms. The number of hydrogen-bond acceptors (Lipinski definition) is 2. The summed E-state index contributed by atoms with van der Waals surface area (Å²) in [5, 5.41) is 0. The molecule has 0 aromatic carbocycles. The lowest BCUT2D eigenvalue weighted by Gasteiger charge is -2.32. The first-order chi connectivity index (χ1) is 7.24. The molecule has 2 heteroatoms. The number of carbonyl (C=O) groups excluding carboxylic acids is 1. The molecule has 1 aliphatic heterocycles. The van der Waals surface area contributed by atoms with E-state index in [1.807, 2.05) is 0 Å². The van der Waals surface area contributed by atoms with Gasteiger partial charge in [0, 0.05) is 6.61 Å². The molecule has 0 aromatic heterocycles. The van der Waals surface area contributed by atoms with Crippen molar-refractivity contribution in [3.8, 4) is 0 Å². The van der Waals surface area contributed by atoms with Crippen molar-refractivity contribution in [2.75, 3.05) is 13.2 Å². The van der Waals surface area contributed by atoms with Crippen LogP contribution in [0.2, 0.25) is 0 Å². The van der Waals surface area contributed by atoms with Crippen molar-refractivity contribution in [3.05, 3.63) is 0 Å². The fraction of sp³-hybridized carbons (Fsp3) is 0.923. The first-order valence-electron chi connectivity index (χ1n) is 6.28. The number of ether oxygens (including phenoxy) is 1. The van der Waals surface area contributed by atoms with Crippen molar-refractivity contribution in [1.29, 1.82) is 0 Å². The zero-order valence-corrected chi connectivity index (χ0v) is 9.71. The molecule has 1 aliphatic carbocycles. The number of carbonyl (C=O) groups is 1. The molecule has 2 rings (SSSR count). The van der Waals surface area contributed by atoms with Gasteiger partial charge in [0.25, 0.3) is 0 Å². The SMILES string of the molecule is CC1CCCC(CC2(C=O)CCOC2)C1. The molecule has 0 bridgehead atoms. The van der Waals surface area contributed by atoms with Crippen LogP contribution in [0.5, 0.6) is 0 Å². The van der Waals surface area contributed by atoms with Crippen LogP contribution in [0.15, 0.2) is 0 Å². The van der Waals surface area contributed by atoms with Gasteiger partial charge < -0.3 is 9.53 Å². The molecule has 0 radical (unpaired) electrons. The molecule has 1 saturated heterocycles. The van der Waals surface area contributed by atoms with E-state index in [0.29, 0.717) is 6.61 Å². The van der Waals surface area contributed by atoms with E-state index in [1.165, 1.54) is 32.0 Å². The molecule has 86 valence electrons. The largest absolute Gasteiger partial charge is 0.380 e. The molecule has 0 amide bonds. The molecule has 1 saturated carbocycles. The second-order valence-electron chi connectivity index (χ2n) is 5.62. The lowest BCUT2D eigenvalue weighted by atomic mass is 9.72. The maximum atomic E-state index is 11.2. The van der Waals surface area contributed by atoms with Crippen LogP contribution < -0.4 is 0 Å². The van der Waals surface area contributed by atoms with Crippen LogP contribution in [0.4, 0.5) is 0 Å². The molecule has 0 aromatic rings. The van der Waals surface area contributed by atoms with E-state index < -0.39 is 0 Å². The topological polar surface area (TPSA) is 26.3 Å². The van der Waals surface area contributed by atoms with Crippen molar-refractivity contribution < 1.29 is 9.53 Å². The van der Waals surface area contributed by atoms with E-state index in [1.54, 1.807) is 0 Å². The van der Waals surface area contributed by atoms with Crippen LogP contribution in [0.25, 0.3) is 0 Å². The molecule has 0 N–H and O–H groups in total. The Morgan fingerprint density at radius 2 is 2.33 bits per heavy atom. The fourth-order valence-corrected chi connectivity index (χ4v) is 3.25. The maximum Gasteiger partial charge on any atom is 0.128 e. The highest BCUT2D eigenvalue weighted by Crippen LogP contribution is 2.40.